The molecule has 3 unspecified atom stereocenters. The minimum atomic E-state index is -0.495. The van der Waals surface area contributed by atoms with Crippen LogP contribution in [0.3, 0.4) is 0 Å². The van der Waals surface area contributed by atoms with Crippen LogP contribution in [0, 0.1) is 25.7 Å². The lowest BCUT2D eigenvalue weighted by Crippen LogP contribution is -2.43. The Morgan fingerprint density at radius 3 is 2.67 bits per heavy atom. The van der Waals surface area contributed by atoms with Crippen molar-refractivity contribution in [3.63, 3.8) is 0 Å². The van der Waals surface area contributed by atoms with E-state index in [1.165, 1.54) is 16.7 Å². The predicted molar refractivity (Wildman–Crippen MR) is 76.7 cm³/mol. The van der Waals surface area contributed by atoms with Crippen molar-refractivity contribution in [1.29, 1.82) is 0 Å². The van der Waals surface area contributed by atoms with Crippen LogP contribution in [0.15, 0.2) is 18.2 Å². The first-order valence-corrected chi connectivity index (χ1v) is 7.19. The van der Waals surface area contributed by atoms with Crippen LogP contribution >= 0.6 is 0 Å². The molecule has 0 heterocycles. The molecule has 0 aromatic heterocycles. The van der Waals surface area contributed by atoms with Crippen molar-refractivity contribution in [1.82, 2.24) is 0 Å². The van der Waals surface area contributed by atoms with Crippen molar-refractivity contribution in [3.8, 4) is 0 Å². The van der Waals surface area contributed by atoms with Gasteiger partial charge in [0.2, 0.25) is 0 Å². The lowest BCUT2D eigenvalue weighted by molar-refractivity contribution is -0.0523. The number of hydrogen-bond acceptors (Lipinski definition) is 1. The highest BCUT2D eigenvalue weighted by Crippen LogP contribution is 2.39. The Balaban J connectivity index is 2.19. The van der Waals surface area contributed by atoms with Crippen LogP contribution in [0.1, 0.15) is 49.8 Å². The summed E-state index contributed by atoms with van der Waals surface area (Å²) in [6.45, 7) is 8.78. The van der Waals surface area contributed by atoms with Gasteiger partial charge in [-0.25, -0.2) is 0 Å². The summed E-state index contributed by atoms with van der Waals surface area (Å²) >= 11 is 0. The highest BCUT2D eigenvalue weighted by Gasteiger charge is 2.38. The zero-order chi connectivity index (χ0) is 13.3. The molecule has 100 valence electrons. The Bertz CT molecular complexity index is 424. The summed E-state index contributed by atoms with van der Waals surface area (Å²) in [4.78, 5) is 0. The molecule has 0 aliphatic heterocycles. The molecular weight excluding hydrogens is 220 g/mol. The van der Waals surface area contributed by atoms with E-state index in [1.54, 1.807) is 0 Å². The summed E-state index contributed by atoms with van der Waals surface area (Å²) < 4.78 is 0. The summed E-state index contributed by atoms with van der Waals surface area (Å²) in [6.07, 6.45) is 4.07. The Morgan fingerprint density at radius 2 is 2.00 bits per heavy atom. The second-order valence-corrected chi connectivity index (χ2v) is 6.49. The van der Waals surface area contributed by atoms with Gasteiger partial charge < -0.3 is 5.11 Å². The lowest BCUT2D eigenvalue weighted by atomic mass is 9.69. The molecule has 1 aromatic rings. The predicted octanol–water partition coefficient (Wildman–Crippen LogP) is 4.03. The average molecular weight is 246 g/mol. The molecule has 0 saturated heterocycles. The molecule has 18 heavy (non-hydrogen) atoms. The van der Waals surface area contributed by atoms with Gasteiger partial charge in [-0.3, -0.25) is 0 Å². The molecule has 1 aromatic carbocycles. The van der Waals surface area contributed by atoms with E-state index in [-0.39, 0.29) is 0 Å². The summed E-state index contributed by atoms with van der Waals surface area (Å²) in [5.41, 5.74) is 3.42. The van der Waals surface area contributed by atoms with E-state index >= 15 is 0 Å². The third-order valence-electron chi connectivity index (χ3n) is 4.74. The van der Waals surface area contributed by atoms with Gasteiger partial charge in [0, 0.05) is 6.42 Å². The summed E-state index contributed by atoms with van der Waals surface area (Å²) in [5, 5.41) is 10.9. The zero-order valence-electron chi connectivity index (χ0n) is 12.2. The molecule has 0 bridgehead atoms. The summed E-state index contributed by atoms with van der Waals surface area (Å²) in [5.74, 6) is 1.17. The topological polar surface area (TPSA) is 20.2 Å². The van der Waals surface area contributed by atoms with Crippen LogP contribution in [0.2, 0.25) is 0 Å². The SMILES string of the molecule is Cc1ccc(C)c(CC2(O)CCC(C)CC2C)c1. The van der Waals surface area contributed by atoms with Crippen LogP contribution < -0.4 is 0 Å². The van der Waals surface area contributed by atoms with Crippen molar-refractivity contribution in [2.75, 3.05) is 0 Å². The molecule has 0 amide bonds. The molecule has 0 spiro atoms. The van der Waals surface area contributed by atoms with Crippen LogP contribution in [-0.4, -0.2) is 10.7 Å². The van der Waals surface area contributed by atoms with E-state index in [0.29, 0.717) is 5.92 Å². The Labute approximate surface area is 111 Å². The molecule has 1 nitrogen and oxygen atoms in total. The Morgan fingerprint density at radius 1 is 1.28 bits per heavy atom. The normalized spacial score (nSPS) is 32.5. The smallest absolute Gasteiger partial charge is 0.0713 e. The maximum atomic E-state index is 10.9. The number of aryl methyl sites for hydroxylation is 2. The van der Waals surface area contributed by atoms with Gasteiger partial charge in [0.25, 0.3) is 0 Å². The monoisotopic (exact) mass is 246 g/mol. The molecular formula is C17H26O. The maximum absolute atomic E-state index is 10.9. The van der Waals surface area contributed by atoms with Crippen LogP contribution in [-0.2, 0) is 6.42 Å². The van der Waals surface area contributed by atoms with Crippen molar-refractivity contribution >= 4 is 0 Å². The lowest BCUT2D eigenvalue weighted by Gasteiger charge is -2.41. The average Bonchev–Trinajstić information content (AvgIpc) is 2.30. The van der Waals surface area contributed by atoms with E-state index in [0.717, 1.165) is 31.6 Å². The van der Waals surface area contributed by atoms with Gasteiger partial charge in [-0.15, -0.1) is 0 Å². The van der Waals surface area contributed by atoms with Gasteiger partial charge in [0.1, 0.15) is 0 Å². The number of hydrogen-bond donors (Lipinski definition) is 1. The third-order valence-corrected chi connectivity index (χ3v) is 4.74. The molecule has 2 rings (SSSR count). The van der Waals surface area contributed by atoms with Crippen molar-refractivity contribution in [2.24, 2.45) is 11.8 Å². The van der Waals surface area contributed by atoms with E-state index in [4.69, 9.17) is 0 Å². The fourth-order valence-corrected chi connectivity index (χ4v) is 3.27. The number of rotatable bonds is 2. The number of aliphatic hydroxyl groups is 1. The molecule has 1 N–H and O–H groups in total. The highest BCUT2D eigenvalue weighted by atomic mass is 16.3. The van der Waals surface area contributed by atoms with E-state index in [1.807, 2.05) is 0 Å². The minimum Gasteiger partial charge on any atom is -0.389 e. The Kier molecular flexibility index (Phi) is 3.82. The highest BCUT2D eigenvalue weighted by molar-refractivity contribution is 5.31. The second kappa shape index (κ2) is 5.05. The van der Waals surface area contributed by atoms with Crippen LogP contribution in [0.25, 0.3) is 0 Å². The molecule has 1 aliphatic rings. The molecule has 1 saturated carbocycles. The van der Waals surface area contributed by atoms with Gasteiger partial charge in [-0.2, -0.15) is 0 Å². The van der Waals surface area contributed by atoms with Gasteiger partial charge in [-0.1, -0.05) is 37.6 Å². The second-order valence-electron chi connectivity index (χ2n) is 6.49. The van der Waals surface area contributed by atoms with E-state index in [2.05, 4.69) is 45.9 Å². The maximum Gasteiger partial charge on any atom is 0.0713 e. The standard InChI is InChI=1S/C17H26O/c1-12-5-6-14(3)16(10-12)11-17(18)8-7-13(2)9-15(17)4/h5-6,10,13,15,18H,7-9,11H2,1-4H3. The first kappa shape index (κ1) is 13.6. The van der Waals surface area contributed by atoms with Gasteiger partial charge in [-0.05, 0) is 56.1 Å². The summed E-state index contributed by atoms with van der Waals surface area (Å²) in [6, 6.07) is 6.55. The molecule has 0 radical (unpaired) electrons. The molecule has 1 aliphatic carbocycles. The van der Waals surface area contributed by atoms with Crippen molar-refractivity contribution in [3.05, 3.63) is 34.9 Å². The molecule has 1 heteroatoms. The van der Waals surface area contributed by atoms with E-state index < -0.39 is 5.60 Å². The Hall–Kier alpha value is -0.820. The number of benzene rings is 1. The van der Waals surface area contributed by atoms with Gasteiger partial charge >= 0.3 is 0 Å². The fraction of sp³-hybridized carbons (Fsp3) is 0.647. The fourth-order valence-electron chi connectivity index (χ4n) is 3.27. The van der Waals surface area contributed by atoms with Crippen molar-refractivity contribution in [2.45, 2.75) is 59.0 Å². The van der Waals surface area contributed by atoms with Crippen LogP contribution in [0.5, 0.6) is 0 Å². The zero-order valence-corrected chi connectivity index (χ0v) is 12.2. The first-order valence-electron chi connectivity index (χ1n) is 7.19. The van der Waals surface area contributed by atoms with Crippen molar-refractivity contribution < 1.29 is 5.11 Å². The molecule has 1 fully saturated rings. The van der Waals surface area contributed by atoms with Crippen LogP contribution in [0.4, 0.5) is 0 Å². The first-order chi connectivity index (χ1) is 8.40. The quantitative estimate of drug-likeness (QED) is 0.835. The van der Waals surface area contributed by atoms with Gasteiger partial charge in [0.05, 0.1) is 5.60 Å². The largest absolute Gasteiger partial charge is 0.389 e. The van der Waals surface area contributed by atoms with Gasteiger partial charge in [0.15, 0.2) is 0 Å². The third kappa shape index (κ3) is 2.77. The van der Waals surface area contributed by atoms with E-state index in [9.17, 15) is 5.11 Å². The summed E-state index contributed by atoms with van der Waals surface area (Å²) in [7, 11) is 0. The minimum absolute atomic E-state index is 0.404. The molecule has 3 atom stereocenters.